The molecule has 0 amide bonds. The third-order valence-corrected chi connectivity index (χ3v) is 2.38. The Hall–Kier alpha value is -1.58. The molecular formula is C12H16FNO2. The minimum absolute atomic E-state index is 0.0377. The van der Waals surface area contributed by atoms with Crippen LogP contribution in [0.4, 0.5) is 4.39 Å². The van der Waals surface area contributed by atoms with Crippen molar-refractivity contribution in [1.82, 2.24) is 0 Å². The Bertz CT molecular complexity index is 391. The molecule has 0 spiro atoms. The van der Waals surface area contributed by atoms with Crippen LogP contribution in [0, 0.1) is 5.82 Å². The molecule has 0 aliphatic heterocycles. The molecular weight excluding hydrogens is 209 g/mol. The van der Waals surface area contributed by atoms with Crippen molar-refractivity contribution in [3.05, 3.63) is 29.6 Å². The van der Waals surface area contributed by atoms with Gasteiger partial charge in [-0.1, -0.05) is 12.1 Å². The summed E-state index contributed by atoms with van der Waals surface area (Å²) in [7, 11) is 0. The normalized spacial score (nSPS) is 13.6. The van der Waals surface area contributed by atoms with Crippen molar-refractivity contribution < 1.29 is 14.3 Å². The van der Waals surface area contributed by atoms with Crippen molar-refractivity contribution in [2.75, 3.05) is 0 Å². The van der Waals surface area contributed by atoms with Gasteiger partial charge in [-0.25, -0.2) is 4.39 Å². The molecule has 0 saturated heterocycles. The standard InChI is InChI=1S/C12H16FNO2/c1-4-8(2)16-12-6-5-10(13)7-11(12)9(3)14-15/h5-8,15H,4H2,1-3H3. The summed E-state index contributed by atoms with van der Waals surface area (Å²) in [4.78, 5) is 0. The van der Waals surface area contributed by atoms with Crippen LogP contribution < -0.4 is 4.74 Å². The molecule has 1 aromatic carbocycles. The topological polar surface area (TPSA) is 41.8 Å². The Kier molecular flexibility index (Phi) is 4.28. The summed E-state index contributed by atoms with van der Waals surface area (Å²) in [6.45, 7) is 5.53. The molecule has 1 unspecified atom stereocenters. The highest BCUT2D eigenvalue weighted by Gasteiger charge is 2.11. The molecule has 88 valence electrons. The summed E-state index contributed by atoms with van der Waals surface area (Å²) in [6.07, 6.45) is 0.891. The average Bonchev–Trinajstić information content (AvgIpc) is 2.30. The van der Waals surface area contributed by atoms with E-state index in [0.29, 0.717) is 17.0 Å². The number of ether oxygens (including phenoxy) is 1. The SMILES string of the molecule is CCC(C)Oc1ccc(F)cc1C(C)=NO. The molecule has 1 N–H and O–H groups in total. The quantitative estimate of drug-likeness (QED) is 0.485. The Balaban J connectivity index is 3.08. The van der Waals surface area contributed by atoms with Gasteiger partial charge in [-0.2, -0.15) is 0 Å². The third-order valence-electron chi connectivity index (χ3n) is 2.38. The van der Waals surface area contributed by atoms with Gasteiger partial charge in [0.15, 0.2) is 0 Å². The Labute approximate surface area is 94.5 Å². The van der Waals surface area contributed by atoms with Gasteiger partial charge >= 0.3 is 0 Å². The average molecular weight is 225 g/mol. The van der Waals surface area contributed by atoms with Gasteiger partial charge in [-0.15, -0.1) is 0 Å². The van der Waals surface area contributed by atoms with Gasteiger partial charge in [-0.05, 0) is 38.5 Å². The second-order valence-corrected chi connectivity index (χ2v) is 3.66. The molecule has 1 aromatic rings. The van der Waals surface area contributed by atoms with Gasteiger partial charge in [0, 0.05) is 5.56 Å². The summed E-state index contributed by atoms with van der Waals surface area (Å²) in [5.41, 5.74) is 0.806. The Morgan fingerprint density at radius 2 is 2.25 bits per heavy atom. The fourth-order valence-electron chi connectivity index (χ4n) is 1.24. The van der Waals surface area contributed by atoms with E-state index in [-0.39, 0.29) is 11.9 Å². The highest BCUT2D eigenvalue weighted by atomic mass is 19.1. The van der Waals surface area contributed by atoms with E-state index in [0.717, 1.165) is 6.42 Å². The first-order chi connectivity index (χ1) is 7.58. The molecule has 0 bridgehead atoms. The molecule has 16 heavy (non-hydrogen) atoms. The zero-order valence-corrected chi connectivity index (χ0v) is 9.70. The third kappa shape index (κ3) is 2.95. The number of hydrogen-bond acceptors (Lipinski definition) is 3. The highest BCUT2D eigenvalue weighted by Crippen LogP contribution is 2.22. The number of rotatable bonds is 4. The monoisotopic (exact) mass is 225 g/mol. The molecule has 3 nitrogen and oxygen atoms in total. The van der Waals surface area contributed by atoms with E-state index in [1.807, 2.05) is 13.8 Å². The first-order valence-electron chi connectivity index (χ1n) is 5.23. The molecule has 0 aliphatic carbocycles. The first kappa shape index (κ1) is 12.5. The summed E-state index contributed by atoms with van der Waals surface area (Å²) in [6, 6.07) is 4.17. The van der Waals surface area contributed by atoms with Crippen LogP contribution in [0.1, 0.15) is 32.8 Å². The molecule has 1 atom stereocenters. The largest absolute Gasteiger partial charge is 0.490 e. The van der Waals surface area contributed by atoms with Crippen molar-refractivity contribution in [3.8, 4) is 5.75 Å². The molecule has 0 heterocycles. The van der Waals surface area contributed by atoms with E-state index >= 15 is 0 Å². The van der Waals surface area contributed by atoms with Crippen LogP contribution in [-0.4, -0.2) is 17.0 Å². The smallest absolute Gasteiger partial charge is 0.129 e. The minimum Gasteiger partial charge on any atom is -0.490 e. The number of benzene rings is 1. The number of hydrogen-bond donors (Lipinski definition) is 1. The lowest BCUT2D eigenvalue weighted by Gasteiger charge is -2.15. The van der Waals surface area contributed by atoms with E-state index in [1.54, 1.807) is 13.0 Å². The molecule has 0 saturated carbocycles. The Morgan fingerprint density at radius 1 is 1.56 bits per heavy atom. The van der Waals surface area contributed by atoms with Crippen molar-refractivity contribution in [2.24, 2.45) is 5.16 Å². The van der Waals surface area contributed by atoms with Crippen LogP contribution in [0.2, 0.25) is 0 Å². The lowest BCUT2D eigenvalue weighted by molar-refractivity contribution is 0.216. The summed E-state index contributed by atoms with van der Waals surface area (Å²) in [5, 5.41) is 11.8. The van der Waals surface area contributed by atoms with Gasteiger partial charge in [-0.3, -0.25) is 0 Å². The number of nitrogens with zero attached hydrogens (tertiary/aromatic N) is 1. The van der Waals surface area contributed by atoms with E-state index in [2.05, 4.69) is 5.16 Å². The van der Waals surface area contributed by atoms with Crippen LogP contribution >= 0.6 is 0 Å². The van der Waals surface area contributed by atoms with E-state index < -0.39 is 0 Å². The maximum absolute atomic E-state index is 13.1. The van der Waals surface area contributed by atoms with Gasteiger partial charge in [0.25, 0.3) is 0 Å². The lowest BCUT2D eigenvalue weighted by atomic mass is 10.1. The van der Waals surface area contributed by atoms with Gasteiger partial charge in [0.2, 0.25) is 0 Å². The van der Waals surface area contributed by atoms with Gasteiger partial charge < -0.3 is 9.94 Å². The predicted octanol–water partition coefficient (Wildman–Crippen LogP) is 3.20. The fourth-order valence-corrected chi connectivity index (χ4v) is 1.24. The second kappa shape index (κ2) is 5.49. The zero-order valence-electron chi connectivity index (χ0n) is 9.70. The van der Waals surface area contributed by atoms with Crippen LogP contribution in [0.15, 0.2) is 23.4 Å². The summed E-state index contributed by atoms with van der Waals surface area (Å²) in [5.74, 6) is 0.153. The van der Waals surface area contributed by atoms with Crippen molar-refractivity contribution in [1.29, 1.82) is 0 Å². The van der Waals surface area contributed by atoms with E-state index in [1.165, 1.54) is 12.1 Å². The van der Waals surface area contributed by atoms with E-state index in [4.69, 9.17) is 9.94 Å². The van der Waals surface area contributed by atoms with Gasteiger partial charge in [0.1, 0.15) is 11.6 Å². The zero-order chi connectivity index (χ0) is 12.1. The maximum Gasteiger partial charge on any atom is 0.129 e. The molecule has 0 fully saturated rings. The van der Waals surface area contributed by atoms with Crippen molar-refractivity contribution >= 4 is 5.71 Å². The maximum atomic E-state index is 13.1. The molecule has 0 aromatic heterocycles. The number of halogens is 1. The Morgan fingerprint density at radius 3 is 2.81 bits per heavy atom. The van der Waals surface area contributed by atoms with Gasteiger partial charge in [0.05, 0.1) is 11.8 Å². The highest BCUT2D eigenvalue weighted by molar-refractivity contribution is 6.00. The molecule has 4 heteroatoms. The molecule has 0 radical (unpaired) electrons. The van der Waals surface area contributed by atoms with Crippen molar-refractivity contribution in [2.45, 2.75) is 33.3 Å². The first-order valence-corrected chi connectivity index (χ1v) is 5.23. The van der Waals surface area contributed by atoms with Crippen LogP contribution in [0.5, 0.6) is 5.75 Å². The van der Waals surface area contributed by atoms with Crippen LogP contribution in [0.3, 0.4) is 0 Å². The fraction of sp³-hybridized carbons (Fsp3) is 0.417. The predicted molar refractivity (Wildman–Crippen MR) is 60.8 cm³/mol. The van der Waals surface area contributed by atoms with E-state index in [9.17, 15) is 4.39 Å². The lowest BCUT2D eigenvalue weighted by Crippen LogP contribution is -2.12. The molecule has 1 rings (SSSR count). The summed E-state index contributed by atoms with van der Waals surface area (Å²) < 4.78 is 18.7. The van der Waals surface area contributed by atoms with Crippen LogP contribution in [0.25, 0.3) is 0 Å². The summed E-state index contributed by atoms with van der Waals surface area (Å²) >= 11 is 0. The number of oxime groups is 1. The van der Waals surface area contributed by atoms with Crippen molar-refractivity contribution in [3.63, 3.8) is 0 Å². The minimum atomic E-state index is -0.380. The molecule has 0 aliphatic rings. The second-order valence-electron chi connectivity index (χ2n) is 3.66. The van der Waals surface area contributed by atoms with Crippen LogP contribution in [-0.2, 0) is 0 Å².